The molecule has 0 aliphatic rings. The fourth-order valence-electron chi connectivity index (χ4n) is 1.71. The fourth-order valence-corrected chi connectivity index (χ4v) is 1.71. The van der Waals surface area contributed by atoms with Crippen molar-refractivity contribution in [2.75, 3.05) is 46.3 Å². The lowest BCUT2D eigenvalue weighted by atomic mass is 10.1. The number of carbonyl (C=O) groups is 1. The minimum absolute atomic E-state index is 0.0304. The molecule has 0 saturated carbocycles. The van der Waals surface area contributed by atoms with Crippen molar-refractivity contribution in [3.05, 3.63) is 29.3 Å². The average Bonchev–Trinajstić information content (AvgIpc) is 2.41. The van der Waals surface area contributed by atoms with Gasteiger partial charge in [0.25, 0.3) is 5.91 Å². The maximum Gasteiger partial charge on any atom is 0.254 e. The van der Waals surface area contributed by atoms with Crippen LogP contribution < -0.4 is 5.73 Å². The van der Waals surface area contributed by atoms with E-state index in [2.05, 4.69) is 0 Å². The van der Waals surface area contributed by atoms with E-state index in [1.54, 1.807) is 31.3 Å². The molecule has 0 saturated heterocycles. The zero-order valence-electron chi connectivity index (χ0n) is 11.8. The first-order chi connectivity index (χ1) is 9.10. The molecule has 0 radical (unpaired) electrons. The van der Waals surface area contributed by atoms with Crippen molar-refractivity contribution in [3.63, 3.8) is 0 Å². The van der Waals surface area contributed by atoms with E-state index >= 15 is 0 Å². The Hall–Kier alpha value is -1.59. The second kappa shape index (κ2) is 7.76. The highest BCUT2D eigenvalue weighted by Gasteiger charge is 2.15. The van der Waals surface area contributed by atoms with Crippen molar-refractivity contribution in [1.82, 2.24) is 4.90 Å². The van der Waals surface area contributed by atoms with Gasteiger partial charge in [0.2, 0.25) is 0 Å². The number of hydrogen-bond acceptors (Lipinski definition) is 4. The molecule has 19 heavy (non-hydrogen) atoms. The van der Waals surface area contributed by atoms with Crippen molar-refractivity contribution in [2.45, 2.75) is 6.92 Å². The summed E-state index contributed by atoms with van der Waals surface area (Å²) in [6.45, 7) is 3.98. The zero-order valence-corrected chi connectivity index (χ0v) is 11.8. The Morgan fingerprint density at radius 1 is 1.21 bits per heavy atom. The molecule has 1 amide bonds. The Bertz CT molecular complexity index is 413. The van der Waals surface area contributed by atoms with Crippen LogP contribution in [-0.4, -0.2) is 51.3 Å². The standard InChI is InChI=1S/C14H22N2O3/c1-11-10-12(4-5-13(11)15)14(17)16(6-8-18-2)7-9-19-3/h4-5,10H,6-9,15H2,1-3H3. The van der Waals surface area contributed by atoms with Crippen LogP contribution in [0.4, 0.5) is 5.69 Å². The second-order valence-corrected chi connectivity index (χ2v) is 4.35. The van der Waals surface area contributed by atoms with Crippen LogP contribution in [0.2, 0.25) is 0 Å². The summed E-state index contributed by atoms with van der Waals surface area (Å²) in [5.41, 5.74) is 8.00. The molecular weight excluding hydrogens is 244 g/mol. The molecule has 2 N–H and O–H groups in total. The normalized spacial score (nSPS) is 10.5. The topological polar surface area (TPSA) is 64.8 Å². The van der Waals surface area contributed by atoms with E-state index in [0.29, 0.717) is 37.6 Å². The van der Waals surface area contributed by atoms with Gasteiger partial charge >= 0.3 is 0 Å². The molecule has 1 aromatic carbocycles. The predicted molar refractivity (Wildman–Crippen MR) is 75.2 cm³/mol. The maximum absolute atomic E-state index is 12.4. The van der Waals surface area contributed by atoms with Crippen LogP contribution in [0, 0.1) is 6.92 Å². The molecule has 0 aliphatic carbocycles. The quantitative estimate of drug-likeness (QED) is 0.756. The largest absolute Gasteiger partial charge is 0.399 e. The summed E-state index contributed by atoms with van der Waals surface area (Å²) >= 11 is 0. The number of carbonyl (C=O) groups excluding carboxylic acids is 1. The van der Waals surface area contributed by atoms with Gasteiger partial charge in [0.15, 0.2) is 0 Å². The number of methoxy groups -OCH3 is 2. The molecule has 0 unspecified atom stereocenters. The molecule has 106 valence electrons. The average molecular weight is 266 g/mol. The van der Waals surface area contributed by atoms with E-state index in [1.807, 2.05) is 13.0 Å². The van der Waals surface area contributed by atoms with Gasteiger partial charge in [0, 0.05) is 38.6 Å². The van der Waals surface area contributed by atoms with Gasteiger partial charge in [-0.15, -0.1) is 0 Å². The van der Waals surface area contributed by atoms with Crippen molar-refractivity contribution in [1.29, 1.82) is 0 Å². The molecule has 0 spiro atoms. The lowest BCUT2D eigenvalue weighted by Gasteiger charge is -2.22. The number of hydrogen-bond donors (Lipinski definition) is 1. The molecule has 1 aromatic rings. The van der Waals surface area contributed by atoms with Gasteiger partial charge in [-0.2, -0.15) is 0 Å². The molecular formula is C14H22N2O3. The number of amides is 1. The molecule has 0 aliphatic heterocycles. The fraction of sp³-hybridized carbons (Fsp3) is 0.500. The summed E-state index contributed by atoms with van der Waals surface area (Å²) < 4.78 is 10.1. The summed E-state index contributed by atoms with van der Waals surface area (Å²) in [4.78, 5) is 14.1. The summed E-state index contributed by atoms with van der Waals surface area (Å²) in [6.07, 6.45) is 0. The Morgan fingerprint density at radius 3 is 2.26 bits per heavy atom. The van der Waals surface area contributed by atoms with Crippen molar-refractivity contribution < 1.29 is 14.3 Å². The van der Waals surface area contributed by atoms with E-state index in [-0.39, 0.29) is 5.91 Å². The molecule has 1 rings (SSSR count). The third-order valence-electron chi connectivity index (χ3n) is 2.93. The van der Waals surface area contributed by atoms with Crippen molar-refractivity contribution >= 4 is 11.6 Å². The first-order valence-corrected chi connectivity index (χ1v) is 6.23. The first kappa shape index (κ1) is 15.5. The third-order valence-corrected chi connectivity index (χ3v) is 2.93. The zero-order chi connectivity index (χ0) is 14.3. The van der Waals surface area contributed by atoms with Gasteiger partial charge in [-0.1, -0.05) is 0 Å². The number of anilines is 1. The number of ether oxygens (including phenoxy) is 2. The first-order valence-electron chi connectivity index (χ1n) is 6.23. The maximum atomic E-state index is 12.4. The molecule has 5 heteroatoms. The van der Waals surface area contributed by atoms with E-state index in [9.17, 15) is 4.79 Å². The molecule has 5 nitrogen and oxygen atoms in total. The summed E-state index contributed by atoms with van der Waals surface area (Å²) in [7, 11) is 3.23. The molecule has 0 atom stereocenters. The SMILES string of the molecule is COCCN(CCOC)C(=O)c1ccc(N)c(C)c1. The molecule has 0 aromatic heterocycles. The second-order valence-electron chi connectivity index (χ2n) is 4.35. The van der Waals surface area contributed by atoms with E-state index < -0.39 is 0 Å². The van der Waals surface area contributed by atoms with Gasteiger partial charge in [0.05, 0.1) is 13.2 Å². The molecule has 0 fully saturated rings. The van der Waals surface area contributed by atoms with Gasteiger partial charge in [-0.25, -0.2) is 0 Å². The third kappa shape index (κ3) is 4.54. The monoisotopic (exact) mass is 266 g/mol. The summed E-state index contributed by atoms with van der Waals surface area (Å²) in [5, 5.41) is 0. The Kier molecular flexibility index (Phi) is 6.32. The minimum Gasteiger partial charge on any atom is -0.399 e. The van der Waals surface area contributed by atoms with Crippen LogP contribution in [0.3, 0.4) is 0 Å². The van der Waals surface area contributed by atoms with Crippen LogP contribution in [0.1, 0.15) is 15.9 Å². The molecule has 0 bridgehead atoms. The van der Waals surface area contributed by atoms with E-state index in [0.717, 1.165) is 5.56 Å². The highest BCUT2D eigenvalue weighted by Crippen LogP contribution is 2.14. The number of benzene rings is 1. The van der Waals surface area contributed by atoms with E-state index in [4.69, 9.17) is 15.2 Å². The van der Waals surface area contributed by atoms with Gasteiger partial charge < -0.3 is 20.1 Å². The van der Waals surface area contributed by atoms with Crippen molar-refractivity contribution in [2.24, 2.45) is 0 Å². The number of nitrogen functional groups attached to an aromatic ring is 1. The Morgan fingerprint density at radius 2 is 1.79 bits per heavy atom. The number of nitrogens with zero attached hydrogens (tertiary/aromatic N) is 1. The van der Waals surface area contributed by atoms with Crippen LogP contribution in [0.15, 0.2) is 18.2 Å². The summed E-state index contributed by atoms with van der Waals surface area (Å²) in [6, 6.07) is 5.31. The van der Waals surface area contributed by atoms with Crippen LogP contribution >= 0.6 is 0 Å². The summed E-state index contributed by atoms with van der Waals surface area (Å²) in [5.74, 6) is -0.0304. The smallest absolute Gasteiger partial charge is 0.254 e. The van der Waals surface area contributed by atoms with Crippen molar-refractivity contribution in [3.8, 4) is 0 Å². The Labute approximate surface area is 114 Å². The molecule has 0 heterocycles. The number of aryl methyl sites for hydroxylation is 1. The minimum atomic E-state index is -0.0304. The van der Waals surface area contributed by atoms with Gasteiger partial charge in [-0.3, -0.25) is 4.79 Å². The number of nitrogens with two attached hydrogens (primary N) is 1. The lowest BCUT2D eigenvalue weighted by molar-refractivity contribution is 0.0627. The van der Waals surface area contributed by atoms with E-state index in [1.165, 1.54) is 0 Å². The van der Waals surface area contributed by atoms with Crippen LogP contribution in [0.25, 0.3) is 0 Å². The highest BCUT2D eigenvalue weighted by molar-refractivity contribution is 5.94. The highest BCUT2D eigenvalue weighted by atomic mass is 16.5. The van der Waals surface area contributed by atoms with Crippen LogP contribution in [0.5, 0.6) is 0 Å². The number of rotatable bonds is 7. The van der Waals surface area contributed by atoms with Crippen LogP contribution in [-0.2, 0) is 9.47 Å². The Balaban J connectivity index is 2.81. The van der Waals surface area contributed by atoms with Gasteiger partial charge in [-0.05, 0) is 30.7 Å². The lowest BCUT2D eigenvalue weighted by Crippen LogP contribution is -2.36. The predicted octanol–water partition coefficient (Wildman–Crippen LogP) is 1.31. The van der Waals surface area contributed by atoms with Gasteiger partial charge in [0.1, 0.15) is 0 Å².